The second-order valence-corrected chi connectivity index (χ2v) is 5.72. The highest BCUT2D eigenvalue weighted by Crippen LogP contribution is 2.27. The van der Waals surface area contributed by atoms with Gasteiger partial charge in [0.05, 0.1) is 23.4 Å². The summed E-state index contributed by atoms with van der Waals surface area (Å²) in [4.78, 5) is 50.1. The molecule has 0 aromatic heterocycles. The van der Waals surface area contributed by atoms with Crippen molar-refractivity contribution in [3.05, 3.63) is 59.7 Å². The largest absolute Gasteiger partial charge is 0.478 e. The van der Waals surface area contributed by atoms with Gasteiger partial charge in [0.2, 0.25) is 0 Å². The van der Waals surface area contributed by atoms with Gasteiger partial charge in [0.25, 0.3) is 5.91 Å². The molecule has 1 aliphatic rings. The molecular formula is C19H16N2O6. The Hall–Kier alpha value is -3.68. The fourth-order valence-electron chi connectivity index (χ4n) is 2.72. The Morgan fingerprint density at radius 2 is 1.74 bits per heavy atom. The molecular weight excluding hydrogens is 352 g/mol. The number of ether oxygens (including phenoxy) is 1. The highest BCUT2D eigenvalue weighted by atomic mass is 16.5. The van der Waals surface area contributed by atoms with Crippen LogP contribution in [0.1, 0.15) is 27.6 Å². The number of rotatable bonds is 5. The zero-order chi connectivity index (χ0) is 19.6. The molecule has 8 nitrogen and oxygen atoms in total. The maximum atomic E-state index is 12.7. The molecule has 3 amide bonds. The Bertz CT molecular complexity index is 922. The minimum absolute atomic E-state index is 0.0185. The van der Waals surface area contributed by atoms with E-state index in [-0.39, 0.29) is 18.7 Å². The van der Waals surface area contributed by atoms with Crippen molar-refractivity contribution in [2.24, 2.45) is 0 Å². The van der Waals surface area contributed by atoms with Crippen molar-refractivity contribution >= 4 is 35.3 Å². The number of imide groups is 1. The maximum Gasteiger partial charge on any atom is 0.338 e. The van der Waals surface area contributed by atoms with Crippen LogP contribution in [0, 0.1) is 0 Å². The first-order valence-corrected chi connectivity index (χ1v) is 8.17. The monoisotopic (exact) mass is 368 g/mol. The van der Waals surface area contributed by atoms with Crippen molar-refractivity contribution < 1.29 is 29.0 Å². The van der Waals surface area contributed by atoms with E-state index in [1.54, 1.807) is 13.0 Å². The minimum Gasteiger partial charge on any atom is -0.478 e. The van der Waals surface area contributed by atoms with Crippen LogP contribution in [0.25, 0.3) is 0 Å². The molecule has 1 N–H and O–H groups in total. The number of urea groups is 1. The Morgan fingerprint density at radius 1 is 1.04 bits per heavy atom. The Morgan fingerprint density at radius 3 is 2.37 bits per heavy atom. The van der Waals surface area contributed by atoms with Crippen molar-refractivity contribution in [1.29, 1.82) is 0 Å². The number of carbonyl (C=O) groups excluding carboxylic acids is 3. The van der Waals surface area contributed by atoms with Crippen molar-refractivity contribution in [3.8, 4) is 0 Å². The van der Waals surface area contributed by atoms with Gasteiger partial charge in [-0.3, -0.25) is 9.69 Å². The highest BCUT2D eigenvalue weighted by Gasteiger charge is 2.38. The van der Waals surface area contributed by atoms with Gasteiger partial charge in [0, 0.05) is 5.69 Å². The molecule has 0 radical (unpaired) electrons. The lowest BCUT2D eigenvalue weighted by molar-refractivity contribution is -0.115. The van der Waals surface area contributed by atoms with E-state index in [1.165, 1.54) is 47.4 Å². The summed E-state index contributed by atoms with van der Waals surface area (Å²) in [6.45, 7) is 1.73. The minimum atomic E-state index is -1.12. The van der Waals surface area contributed by atoms with Crippen LogP contribution in [-0.4, -0.2) is 42.1 Å². The van der Waals surface area contributed by atoms with Crippen molar-refractivity contribution in [3.63, 3.8) is 0 Å². The number of hydrogen-bond acceptors (Lipinski definition) is 5. The summed E-state index contributed by atoms with van der Waals surface area (Å²) in [5, 5.41) is 9.09. The molecule has 1 saturated heterocycles. The van der Waals surface area contributed by atoms with E-state index in [1.807, 2.05) is 0 Å². The van der Waals surface area contributed by atoms with Gasteiger partial charge >= 0.3 is 18.0 Å². The molecule has 8 heteroatoms. The van der Waals surface area contributed by atoms with Crippen LogP contribution in [0.15, 0.2) is 48.5 Å². The molecule has 2 aromatic carbocycles. The average Bonchev–Trinajstić information content (AvgIpc) is 2.96. The van der Waals surface area contributed by atoms with Crippen LogP contribution in [-0.2, 0) is 9.53 Å². The number of anilines is 2. The van der Waals surface area contributed by atoms with Crippen LogP contribution < -0.4 is 9.80 Å². The zero-order valence-corrected chi connectivity index (χ0v) is 14.4. The topological polar surface area (TPSA) is 104 Å². The molecule has 0 spiro atoms. The molecule has 27 heavy (non-hydrogen) atoms. The van der Waals surface area contributed by atoms with Gasteiger partial charge in [0.15, 0.2) is 0 Å². The lowest BCUT2D eigenvalue weighted by Gasteiger charge is -2.17. The quantitative estimate of drug-likeness (QED) is 0.642. The zero-order valence-electron chi connectivity index (χ0n) is 14.4. The summed E-state index contributed by atoms with van der Waals surface area (Å²) >= 11 is 0. The van der Waals surface area contributed by atoms with Crippen LogP contribution in [0.2, 0.25) is 0 Å². The van der Waals surface area contributed by atoms with Gasteiger partial charge in [-0.25, -0.2) is 19.3 Å². The Labute approximate surface area is 154 Å². The van der Waals surface area contributed by atoms with Crippen molar-refractivity contribution in [2.75, 3.05) is 23.0 Å². The molecule has 2 aromatic rings. The molecule has 1 heterocycles. The summed E-state index contributed by atoms with van der Waals surface area (Å²) in [5.41, 5.74) is 0.963. The SMILES string of the molecule is CCOC(=O)c1ccc(N2C(=O)CN(c3cccc(C(=O)O)c3)C2=O)cc1. The number of carboxylic acids is 1. The third-order valence-electron chi connectivity index (χ3n) is 4.01. The van der Waals surface area contributed by atoms with Gasteiger partial charge in [-0.15, -0.1) is 0 Å². The molecule has 0 aliphatic carbocycles. The van der Waals surface area contributed by atoms with Crippen LogP contribution in [0.3, 0.4) is 0 Å². The lowest BCUT2D eigenvalue weighted by Crippen LogP contribution is -2.33. The fraction of sp³-hybridized carbons (Fsp3) is 0.158. The standard InChI is InChI=1S/C19H16N2O6/c1-2-27-18(25)12-6-8-14(9-7-12)21-16(22)11-20(19(21)26)15-5-3-4-13(10-15)17(23)24/h3-10H,2,11H2,1H3,(H,23,24). The predicted molar refractivity (Wildman–Crippen MR) is 96.0 cm³/mol. The summed E-state index contributed by atoms with van der Waals surface area (Å²) in [6, 6.07) is 11.1. The molecule has 0 saturated carbocycles. The average molecular weight is 368 g/mol. The van der Waals surface area contributed by atoms with Gasteiger partial charge in [-0.1, -0.05) is 6.07 Å². The normalized spacial score (nSPS) is 13.8. The summed E-state index contributed by atoms with van der Waals surface area (Å²) < 4.78 is 4.90. The summed E-state index contributed by atoms with van der Waals surface area (Å²) in [5.74, 6) is -2.07. The first kappa shape index (κ1) is 18.1. The third kappa shape index (κ3) is 3.50. The Kier molecular flexibility index (Phi) is 4.89. The van der Waals surface area contributed by atoms with Gasteiger partial charge < -0.3 is 9.84 Å². The highest BCUT2D eigenvalue weighted by molar-refractivity contribution is 6.27. The first-order chi connectivity index (χ1) is 12.9. The van der Waals surface area contributed by atoms with E-state index in [2.05, 4.69) is 0 Å². The number of benzene rings is 2. The van der Waals surface area contributed by atoms with E-state index in [4.69, 9.17) is 9.84 Å². The van der Waals surface area contributed by atoms with Gasteiger partial charge in [-0.2, -0.15) is 0 Å². The van der Waals surface area contributed by atoms with Crippen LogP contribution in [0.5, 0.6) is 0 Å². The van der Waals surface area contributed by atoms with E-state index >= 15 is 0 Å². The van der Waals surface area contributed by atoms with Crippen LogP contribution in [0.4, 0.5) is 16.2 Å². The molecule has 1 fully saturated rings. The second kappa shape index (κ2) is 7.28. The van der Waals surface area contributed by atoms with E-state index < -0.39 is 23.9 Å². The number of aromatic carboxylic acids is 1. The predicted octanol–water partition coefficient (Wildman–Crippen LogP) is 2.53. The maximum absolute atomic E-state index is 12.7. The van der Waals surface area contributed by atoms with Crippen molar-refractivity contribution in [2.45, 2.75) is 6.92 Å². The van der Waals surface area contributed by atoms with E-state index in [9.17, 15) is 19.2 Å². The molecule has 3 rings (SSSR count). The number of esters is 1. The second-order valence-electron chi connectivity index (χ2n) is 5.72. The molecule has 0 bridgehead atoms. The lowest BCUT2D eigenvalue weighted by atomic mass is 10.2. The van der Waals surface area contributed by atoms with Crippen LogP contribution >= 0.6 is 0 Å². The van der Waals surface area contributed by atoms with Gasteiger partial charge in [-0.05, 0) is 49.4 Å². The van der Waals surface area contributed by atoms with E-state index in [0.29, 0.717) is 16.9 Å². The molecule has 0 unspecified atom stereocenters. The number of carboxylic acid groups (broad SMARTS) is 1. The third-order valence-corrected chi connectivity index (χ3v) is 4.01. The summed E-state index contributed by atoms with van der Waals surface area (Å²) in [6.07, 6.45) is 0. The van der Waals surface area contributed by atoms with Gasteiger partial charge in [0.1, 0.15) is 6.54 Å². The number of amides is 3. The molecule has 1 aliphatic heterocycles. The molecule has 0 atom stereocenters. The summed E-state index contributed by atoms with van der Waals surface area (Å²) in [7, 11) is 0. The fourth-order valence-corrected chi connectivity index (χ4v) is 2.72. The molecule has 138 valence electrons. The number of hydrogen-bond donors (Lipinski definition) is 1. The first-order valence-electron chi connectivity index (χ1n) is 8.17. The number of carbonyl (C=O) groups is 4. The smallest absolute Gasteiger partial charge is 0.338 e. The van der Waals surface area contributed by atoms with Crippen molar-refractivity contribution in [1.82, 2.24) is 0 Å². The Balaban J connectivity index is 1.85. The van der Waals surface area contributed by atoms with E-state index in [0.717, 1.165) is 4.90 Å². The number of nitrogens with zero attached hydrogens (tertiary/aromatic N) is 2.